The van der Waals surface area contributed by atoms with Crippen molar-refractivity contribution in [3.63, 3.8) is 0 Å². The lowest BCUT2D eigenvalue weighted by Gasteiger charge is -2.17. The molecule has 0 saturated carbocycles. The zero-order valence-electron chi connectivity index (χ0n) is 13.3. The maximum absolute atomic E-state index is 14.1. The van der Waals surface area contributed by atoms with E-state index in [-0.39, 0.29) is 30.1 Å². The van der Waals surface area contributed by atoms with Crippen molar-refractivity contribution in [1.82, 2.24) is 9.88 Å². The van der Waals surface area contributed by atoms with Gasteiger partial charge in [0.15, 0.2) is 0 Å². The molecule has 0 atom stereocenters. The van der Waals surface area contributed by atoms with E-state index >= 15 is 0 Å². The number of hydrogen-bond acceptors (Lipinski definition) is 4. The Morgan fingerprint density at radius 1 is 1.32 bits per heavy atom. The fraction of sp³-hybridized carbons (Fsp3) is 0.294. The highest BCUT2D eigenvalue weighted by molar-refractivity contribution is 9.10. The number of benzene rings is 1. The summed E-state index contributed by atoms with van der Waals surface area (Å²) in [5.41, 5.74) is 1.14. The van der Waals surface area contributed by atoms with Crippen LogP contribution in [0.2, 0.25) is 0 Å². The van der Waals surface area contributed by atoms with E-state index in [2.05, 4.69) is 26.6 Å². The minimum absolute atomic E-state index is 0.101. The van der Waals surface area contributed by atoms with Crippen molar-refractivity contribution in [3.8, 4) is 0 Å². The van der Waals surface area contributed by atoms with E-state index in [1.807, 2.05) is 0 Å². The fourth-order valence-electron chi connectivity index (χ4n) is 2.95. The second-order valence-electron chi connectivity index (χ2n) is 5.70. The number of halogens is 2. The number of amides is 1. The van der Waals surface area contributed by atoms with Gasteiger partial charge in [0.2, 0.25) is 0 Å². The van der Waals surface area contributed by atoms with Crippen LogP contribution in [-0.2, 0) is 13.0 Å². The highest BCUT2D eigenvalue weighted by Crippen LogP contribution is 2.28. The summed E-state index contributed by atoms with van der Waals surface area (Å²) in [6.45, 7) is 0.468. The van der Waals surface area contributed by atoms with Gasteiger partial charge in [0, 0.05) is 29.3 Å². The number of fused-ring (bicyclic) bond motifs is 1. The molecule has 25 heavy (non-hydrogen) atoms. The van der Waals surface area contributed by atoms with Gasteiger partial charge in [-0.15, -0.1) is 0 Å². The molecule has 1 aliphatic rings. The van der Waals surface area contributed by atoms with Gasteiger partial charge >= 0.3 is 0 Å². The summed E-state index contributed by atoms with van der Waals surface area (Å²) in [7, 11) is 0. The molecule has 0 aliphatic carbocycles. The second kappa shape index (κ2) is 7.37. The maximum atomic E-state index is 14.1. The molecule has 0 unspecified atom stereocenters. The van der Waals surface area contributed by atoms with Crippen molar-refractivity contribution in [2.45, 2.75) is 19.4 Å². The van der Waals surface area contributed by atoms with E-state index in [9.17, 15) is 14.0 Å². The second-order valence-corrected chi connectivity index (χ2v) is 6.62. The predicted octanol–water partition coefficient (Wildman–Crippen LogP) is 2.16. The highest BCUT2D eigenvalue weighted by atomic mass is 79.9. The summed E-state index contributed by atoms with van der Waals surface area (Å²) >= 11 is 3.19. The Balaban J connectivity index is 2.07. The normalized spacial score (nSPS) is 12.8. The lowest BCUT2D eigenvalue weighted by atomic mass is 10.1. The lowest BCUT2D eigenvalue weighted by Crippen LogP contribution is -2.31. The van der Waals surface area contributed by atoms with Crippen molar-refractivity contribution < 1.29 is 14.3 Å². The molecular weight excluding hydrogens is 393 g/mol. The van der Waals surface area contributed by atoms with Gasteiger partial charge in [-0.1, -0.05) is 15.9 Å². The Labute approximate surface area is 151 Å². The molecule has 0 bridgehead atoms. The summed E-state index contributed by atoms with van der Waals surface area (Å²) in [5, 5.41) is 14.4. The molecule has 3 rings (SSSR count). The summed E-state index contributed by atoms with van der Waals surface area (Å²) < 4.78 is 16.3. The zero-order chi connectivity index (χ0) is 18.0. The molecule has 0 saturated heterocycles. The van der Waals surface area contributed by atoms with Gasteiger partial charge in [-0.25, -0.2) is 4.39 Å². The third-order valence-corrected chi connectivity index (χ3v) is 4.53. The quantitative estimate of drug-likeness (QED) is 0.706. The molecule has 2 heterocycles. The number of aliphatic hydroxyl groups is 1. The molecule has 6 nitrogen and oxygen atoms in total. The first-order valence-corrected chi connectivity index (χ1v) is 8.68. The van der Waals surface area contributed by atoms with Crippen LogP contribution >= 0.6 is 15.9 Å². The molecule has 1 aliphatic heterocycles. The fourth-order valence-corrected chi connectivity index (χ4v) is 3.29. The van der Waals surface area contributed by atoms with Gasteiger partial charge in [-0.2, -0.15) is 0 Å². The number of carbonyl (C=O) groups excluding carboxylic acids is 1. The number of hydrogen-bond donors (Lipinski definition) is 3. The molecule has 8 heteroatoms. The number of aromatic nitrogens is 1. The van der Waals surface area contributed by atoms with Gasteiger partial charge in [0.1, 0.15) is 5.82 Å². The summed E-state index contributed by atoms with van der Waals surface area (Å²) in [6, 6.07) is 5.80. The number of aliphatic hydroxyl groups excluding tert-OH is 1. The Morgan fingerprint density at radius 3 is 2.84 bits per heavy atom. The van der Waals surface area contributed by atoms with Gasteiger partial charge in [-0.3, -0.25) is 9.59 Å². The van der Waals surface area contributed by atoms with Gasteiger partial charge < -0.3 is 20.3 Å². The Bertz CT molecular complexity index is 882. The van der Waals surface area contributed by atoms with Crippen molar-refractivity contribution >= 4 is 33.2 Å². The molecule has 0 radical (unpaired) electrons. The van der Waals surface area contributed by atoms with Crippen LogP contribution in [0, 0.1) is 5.82 Å². The Kier molecular flexibility index (Phi) is 5.19. The van der Waals surface area contributed by atoms with Gasteiger partial charge in [-0.05, 0) is 31.0 Å². The van der Waals surface area contributed by atoms with E-state index in [0.717, 1.165) is 6.42 Å². The molecule has 1 aromatic carbocycles. The Hall–Kier alpha value is -2.19. The van der Waals surface area contributed by atoms with Crippen LogP contribution in [0.25, 0.3) is 0 Å². The van der Waals surface area contributed by atoms with Crippen LogP contribution in [0.5, 0.6) is 0 Å². The number of rotatable bonds is 5. The van der Waals surface area contributed by atoms with Crippen LogP contribution in [-0.4, -0.2) is 28.7 Å². The van der Waals surface area contributed by atoms with Crippen LogP contribution in [0.15, 0.2) is 33.5 Å². The molecule has 2 aromatic rings. The monoisotopic (exact) mass is 409 g/mol. The average Bonchev–Trinajstić information content (AvgIpc) is 3.05. The number of carbonyl (C=O) groups is 1. The van der Waals surface area contributed by atoms with E-state index < -0.39 is 11.7 Å². The molecule has 1 aromatic heterocycles. The SMILES string of the molecule is O=C(NCCO)c1c(Nc2ccc(Br)cc2F)cc(=O)n2c1CCC2. The first kappa shape index (κ1) is 17.6. The highest BCUT2D eigenvalue weighted by Gasteiger charge is 2.24. The third-order valence-electron chi connectivity index (χ3n) is 4.04. The molecule has 1 amide bonds. The largest absolute Gasteiger partial charge is 0.395 e. The first-order chi connectivity index (χ1) is 12.0. The molecule has 3 N–H and O–H groups in total. The average molecular weight is 410 g/mol. The maximum Gasteiger partial charge on any atom is 0.255 e. The number of anilines is 2. The van der Waals surface area contributed by atoms with Crippen molar-refractivity contribution in [2.24, 2.45) is 0 Å². The topological polar surface area (TPSA) is 83.4 Å². The zero-order valence-corrected chi connectivity index (χ0v) is 14.9. The van der Waals surface area contributed by atoms with Crippen LogP contribution in [0.3, 0.4) is 0 Å². The summed E-state index contributed by atoms with van der Waals surface area (Å²) in [6.07, 6.45) is 1.36. The molecule has 132 valence electrons. The first-order valence-electron chi connectivity index (χ1n) is 7.89. The predicted molar refractivity (Wildman–Crippen MR) is 95.8 cm³/mol. The van der Waals surface area contributed by atoms with E-state index in [1.165, 1.54) is 18.2 Å². The number of nitrogens with one attached hydrogen (secondary N) is 2. The summed E-state index contributed by atoms with van der Waals surface area (Å²) in [4.78, 5) is 24.8. The van der Waals surface area contributed by atoms with E-state index in [0.29, 0.717) is 28.7 Å². The molecule has 0 fully saturated rings. The summed E-state index contributed by atoms with van der Waals surface area (Å²) in [5.74, 6) is -0.906. The minimum Gasteiger partial charge on any atom is -0.395 e. The number of pyridine rings is 1. The van der Waals surface area contributed by atoms with E-state index in [4.69, 9.17) is 5.11 Å². The van der Waals surface area contributed by atoms with Crippen molar-refractivity contribution in [3.05, 3.63) is 56.2 Å². The van der Waals surface area contributed by atoms with Crippen LogP contribution in [0.1, 0.15) is 22.5 Å². The number of nitrogens with zero attached hydrogens (tertiary/aromatic N) is 1. The van der Waals surface area contributed by atoms with Gasteiger partial charge in [0.25, 0.3) is 11.5 Å². The third kappa shape index (κ3) is 3.59. The molecule has 0 spiro atoms. The smallest absolute Gasteiger partial charge is 0.255 e. The molecular formula is C17H17BrFN3O3. The van der Waals surface area contributed by atoms with Crippen molar-refractivity contribution in [1.29, 1.82) is 0 Å². The van der Waals surface area contributed by atoms with E-state index in [1.54, 1.807) is 10.6 Å². The van der Waals surface area contributed by atoms with Crippen LogP contribution in [0.4, 0.5) is 15.8 Å². The minimum atomic E-state index is -0.503. The van der Waals surface area contributed by atoms with Crippen molar-refractivity contribution in [2.75, 3.05) is 18.5 Å². The Morgan fingerprint density at radius 2 is 2.12 bits per heavy atom. The lowest BCUT2D eigenvalue weighted by molar-refractivity contribution is 0.0944. The standard InChI is InChI=1S/C17H17BrFN3O3/c18-10-3-4-12(11(19)8-10)21-13-9-15(24)22-6-1-2-14(22)16(13)17(25)20-5-7-23/h3-4,8-9,21,23H,1-2,5-7H2,(H,20,25). The van der Waals surface area contributed by atoms with Crippen LogP contribution < -0.4 is 16.2 Å². The van der Waals surface area contributed by atoms with Gasteiger partial charge in [0.05, 0.1) is 23.5 Å².